The number of nitrogens with one attached hydrogen (secondary N) is 2. The molecule has 7 nitrogen and oxygen atoms in total. The molecule has 0 atom stereocenters. The summed E-state index contributed by atoms with van der Waals surface area (Å²) < 4.78 is 5.09. The minimum Gasteiger partial charge on any atom is -0.497 e. The molecule has 2 heterocycles. The lowest BCUT2D eigenvalue weighted by molar-refractivity contribution is 0.102. The van der Waals surface area contributed by atoms with E-state index in [9.17, 15) is 4.79 Å². The Morgan fingerprint density at radius 3 is 2.65 bits per heavy atom. The number of aryl methyl sites for hydroxylation is 1. The van der Waals surface area contributed by atoms with Gasteiger partial charge in [0.2, 0.25) is 0 Å². The molecule has 1 amide bonds. The fraction of sp³-hybridized carbons (Fsp3) is 0.125. The van der Waals surface area contributed by atoms with E-state index in [4.69, 9.17) is 4.74 Å². The summed E-state index contributed by atoms with van der Waals surface area (Å²) in [7, 11) is 1.54. The Morgan fingerprint density at radius 1 is 1.22 bits per heavy atom. The quantitative estimate of drug-likeness (QED) is 0.772. The van der Waals surface area contributed by atoms with Gasteiger partial charge in [-0.1, -0.05) is 0 Å². The van der Waals surface area contributed by atoms with E-state index in [0.29, 0.717) is 17.3 Å². The fourth-order valence-electron chi connectivity index (χ4n) is 2.03. The van der Waals surface area contributed by atoms with Crippen molar-refractivity contribution in [1.82, 2.24) is 20.2 Å². The van der Waals surface area contributed by atoms with Crippen LogP contribution in [0.5, 0.6) is 5.75 Å². The van der Waals surface area contributed by atoms with Gasteiger partial charge < -0.3 is 10.1 Å². The van der Waals surface area contributed by atoms with E-state index in [1.165, 1.54) is 6.20 Å². The summed E-state index contributed by atoms with van der Waals surface area (Å²) in [5, 5.41) is 9.68. The van der Waals surface area contributed by atoms with Crippen molar-refractivity contribution in [3.8, 4) is 17.1 Å². The van der Waals surface area contributed by atoms with Crippen LogP contribution in [0.1, 0.15) is 16.3 Å². The van der Waals surface area contributed by atoms with Gasteiger partial charge in [0.1, 0.15) is 17.3 Å². The number of anilines is 1. The van der Waals surface area contributed by atoms with E-state index in [2.05, 4.69) is 25.5 Å². The van der Waals surface area contributed by atoms with Crippen LogP contribution in [0.3, 0.4) is 0 Å². The normalized spacial score (nSPS) is 10.3. The number of H-pyrrole nitrogens is 1. The molecule has 0 aliphatic rings. The summed E-state index contributed by atoms with van der Waals surface area (Å²) in [5.74, 6) is 1.65. The number of nitrogens with zero attached hydrogens (tertiary/aromatic N) is 3. The maximum Gasteiger partial charge on any atom is 0.274 e. The Bertz CT molecular complexity index is 826. The maximum absolute atomic E-state index is 12.2. The van der Waals surface area contributed by atoms with E-state index in [1.54, 1.807) is 31.4 Å². The van der Waals surface area contributed by atoms with Gasteiger partial charge in [-0.2, -0.15) is 5.10 Å². The van der Waals surface area contributed by atoms with Crippen LogP contribution in [-0.4, -0.2) is 33.2 Å². The van der Waals surface area contributed by atoms with Gasteiger partial charge in [0.15, 0.2) is 5.82 Å². The summed E-state index contributed by atoms with van der Waals surface area (Å²) in [4.78, 5) is 20.5. The topological polar surface area (TPSA) is 92.8 Å². The van der Waals surface area contributed by atoms with E-state index in [1.807, 2.05) is 19.1 Å². The molecule has 2 aromatic heterocycles. The number of aromatic amines is 1. The van der Waals surface area contributed by atoms with Crippen LogP contribution >= 0.6 is 0 Å². The number of hydrogen-bond acceptors (Lipinski definition) is 5. The number of methoxy groups -OCH3 is 1. The van der Waals surface area contributed by atoms with Crippen molar-refractivity contribution in [3.63, 3.8) is 0 Å². The van der Waals surface area contributed by atoms with Crippen LogP contribution in [0.25, 0.3) is 11.4 Å². The standard InChI is InChI=1S/C16H15N5O2/c1-10-18-15(21-20-10)11-3-5-12(6-4-11)19-16(22)14-9-13(23-2)7-8-17-14/h3-9H,1-2H3,(H,19,22)(H,18,20,21). The van der Waals surface area contributed by atoms with Crippen molar-refractivity contribution in [3.05, 3.63) is 54.1 Å². The van der Waals surface area contributed by atoms with Crippen molar-refractivity contribution in [2.75, 3.05) is 12.4 Å². The molecule has 3 aromatic rings. The first-order chi connectivity index (χ1) is 11.2. The minimum atomic E-state index is -0.301. The molecule has 0 spiro atoms. The Labute approximate surface area is 132 Å². The number of carbonyl (C=O) groups is 1. The summed E-state index contributed by atoms with van der Waals surface area (Å²) in [6, 6.07) is 10.5. The van der Waals surface area contributed by atoms with Crippen LogP contribution in [-0.2, 0) is 0 Å². The number of amides is 1. The fourth-order valence-corrected chi connectivity index (χ4v) is 2.03. The zero-order valence-electron chi connectivity index (χ0n) is 12.7. The summed E-state index contributed by atoms with van der Waals surface area (Å²) in [5.41, 5.74) is 1.82. The van der Waals surface area contributed by atoms with Crippen LogP contribution in [0, 0.1) is 6.92 Å². The van der Waals surface area contributed by atoms with Gasteiger partial charge in [0, 0.05) is 23.5 Å². The Kier molecular flexibility index (Phi) is 4.01. The summed E-state index contributed by atoms with van der Waals surface area (Å²) in [6.45, 7) is 1.84. The molecule has 0 bridgehead atoms. The first kappa shape index (κ1) is 14.7. The second kappa shape index (κ2) is 6.27. The second-order valence-electron chi connectivity index (χ2n) is 4.86. The first-order valence-corrected chi connectivity index (χ1v) is 6.96. The first-order valence-electron chi connectivity index (χ1n) is 6.96. The Morgan fingerprint density at radius 2 is 2.00 bits per heavy atom. The molecule has 0 unspecified atom stereocenters. The van der Waals surface area contributed by atoms with Crippen molar-refractivity contribution < 1.29 is 9.53 Å². The second-order valence-corrected chi connectivity index (χ2v) is 4.86. The highest BCUT2D eigenvalue weighted by Crippen LogP contribution is 2.18. The molecule has 0 radical (unpaired) electrons. The summed E-state index contributed by atoms with van der Waals surface area (Å²) in [6.07, 6.45) is 1.53. The number of hydrogen-bond donors (Lipinski definition) is 2. The van der Waals surface area contributed by atoms with E-state index in [-0.39, 0.29) is 11.6 Å². The van der Waals surface area contributed by atoms with E-state index in [0.717, 1.165) is 11.4 Å². The van der Waals surface area contributed by atoms with Crippen LogP contribution in [0.2, 0.25) is 0 Å². The van der Waals surface area contributed by atoms with Crippen molar-refractivity contribution in [2.45, 2.75) is 6.92 Å². The molecule has 0 saturated carbocycles. The third kappa shape index (κ3) is 3.34. The van der Waals surface area contributed by atoms with Gasteiger partial charge in [-0.3, -0.25) is 14.9 Å². The highest BCUT2D eigenvalue weighted by Gasteiger charge is 2.09. The molecule has 1 aromatic carbocycles. The average molecular weight is 309 g/mol. The smallest absolute Gasteiger partial charge is 0.274 e. The Balaban J connectivity index is 1.73. The van der Waals surface area contributed by atoms with Crippen molar-refractivity contribution >= 4 is 11.6 Å². The number of aromatic nitrogens is 4. The average Bonchev–Trinajstić information content (AvgIpc) is 3.02. The molecule has 0 aliphatic carbocycles. The van der Waals surface area contributed by atoms with Crippen molar-refractivity contribution in [2.24, 2.45) is 0 Å². The molecule has 7 heteroatoms. The van der Waals surface area contributed by atoms with Crippen molar-refractivity contribution in [1.29, 1.82) is 0 Å². The molecule has 0 aliphatic heterocycles. The summed E-state index contributed by atoms with van der Waals surface area (Å²) >= 11 is 0. The van der Waals surface area contributed by atoms with Gasteiger partial charge in [-0.05, 0) is 37.3 Å². The highest BCUT2D eigenvalue weighted by atomic mass is 16.5. The van der Waals surface area contributed by atoms with E-state index < -0.39 is 0 Å². The molecule has 116 valence electrons. The predicted molar refractivity (Wildman–Crippen MR) is 85.3 cm³/mol. The molecule has 23 heavy (non-hydrogen) atoms. The molecular formula is C16H15N5O2. The predicted octanol–water partition coefficient (Wildman–Crippen LogP) is 2.44. The lowest BCUT2D eigenvalue weighted by Gasteiger charge is -2.06. The number of rotatable bonds is 4. The SMILES string of the molecule is COc1ccnc(C(=O)Nc2ccc(-c3n[nH]c(C)n3)cc2)c1. The van der Waals surface area contributed by atoms with Gasteiger partial charge >= 0.3 is 0 Å². The number of pyridine rings is 1. The third-order valence-corrected chi connectivity index (χ3v) is 3.20. The van der Waals surface area contributed by atoms with Gasteiger partial charge in [-0.25, -0.2) is 4.98 Å². The molecule has 0 fully saturated rings. The zero-order chi connectivity index (χ0) is 16.2. The highest BCUT2D eigenvalue weighted by molar-refractivity contribution is 6.03. The van der Waals surface area contributed by atoms with Gasteiger partial charge in [0.05, 0.1) is 7.11 Å². The van der Waals surface area contributed by atoms with Gasteiger partial charge in [0.25, 0.3) is 5.91 Å². The number of carbonyl (C=O) groups excluding carboxylic acids is 1. The lowest BCUT2D eigenvalue weighted by Crippen LogP contribution is -2.13. The minimum absolute atomic E-state index is 0.290. The van der Waals surface area contributed by atoms with E-state index >= 15 is 0 Å². The van der Waals surface area contributed by atoms with Crippen LogP contribution in [0.4, 0.5) is 5.69 Å². The largest absolute Gasteiger partial charge is 0.497 e. The maximum atomic E-state index is 12.2. The monoisotopic (exact) mass is 309 g/mol. The number of benzene rings is 1. The molecule has 2 N–H and O–H groups in total. The molecule has 0 saturated heterocycles. The molecule has 3 rings (SSSR count). The van der Waals surface area contributed by atoms with Crippen LogP contribution < -0.4 is 10.1 Å². The third-order valence-electron chi connectivity index (χ3n) is 3.20. The van der Waals surface area contributed by atoms with Crippen LogP contribution in [0.15, 0.2) is 42.6 Å². The Hall–Kier alpha value is -3.22. The van der Waals surface area contributed by atoms with Gasteiger partial charge in [-0.15, -0.1) is 0 Å². The lowest BCUT2D eigenvalue weighted by atomic mass is 10.2. The zero-order valence-corrected chi connectivity index (χ0v) is 12.7. The molecular weight excluding hydrogens is 294 g/mol. The number of ether oxygens (including phenoxy) is 1.